The fourth-order valence-electron chi connectivity index (χ4n) is 1.81. The summed E-state index contributed by atoms with van der Waals surface area (Å²) in [7, 11) is 0. The van der Waals surface area contributed by atoms with Crippen molar-refractivity contribution in [1.29, 1.82) is 0 Å². The number of nitrogens with zero attached hydrogens (tertiary/aromatic N) is 2. The molecule has 21 heavy (non-hydrogen) atoms. The fraction of sp³-hybridized carbons (Fsp3) is 0.312. The van der Waals surface area contributed by atoms with Gasteiger partial charge in [0.2, 0.25) is 5.95 Å². The quantitative estimate of drug-likeness (QED) is 0.885. The summed E-state index contributed by atoms with van der Waals surface area (Å²) in [5.41, 5.74) is 2.44. The Hall–Kier alpha value is -2.43. The highest BCUT2D eigenvalue weighted by atomic mass is 16.1. The Morgan fingerprint density at radius 2 is 1.76 bits per heavy atom. The normalized spacial score (nSPS) is 10.5. The number of anilines is 2. The molecule has 1 aromatic heterocycles. The summed E-state index contributed by atoms with van der Waals surface area (Å²) in [6.07, 6.45) is 4.02. The van der Waals surface area contributed by atoms with Crippen LogP contribution in [0.1, 0.15) is 36.7 Å². The highest BCUT2D eigenvalue weighted by Crippen LogP contribution is 2.11. The van der Waals surface area contributed by atoms with Crippen molar-refractivity contribution in [2.24, 2.45) is 0 Å². The monoisotopic (exact) mass is 284 g/mol. The predicted molar refractivity (Wildman–Crippen MR) is 84.6 cm³/mol. The van der Waals surface area contributed by atoms with Crippen LogP contribution in [0.2, 0.25) is 0 Å². The number of hydrogen-bond donors (Lipinski definition) is 2. The van der Waals surface area contributed by atoms with Crippen molar-refractivity contribution in [1.82, 2.24) is 9.97 Å². The summed E-state index contributed by atoms with van der Waals surface area (Å²) in [5, 5.41) is 5.91. The maximum atomic E-state index is 12.1. The number of amides is 1. The van der Waals surface area contributed by atoms with Crippen molar-refractivity contribution in [2.75, 3.05) is 10.6 Å². The fourth-order valence-corrected chi connectivity index (χ4v) is 1.81. The molecule has 0 fully saturated rings. The number of benzene rings is 1. The maximum absolute atomic E-state index is 12.1. The molecule has 1 amide bonds. The van der Waals surface area contributed by atoms with Crippen LogP contribution >= 0.6 is 0 Å². The van der Waals surface area contributed by atoms with Crippen molar-refractivity contribution in [3.05, 3.63) is 47.8 Å². The van der Waals surface area contributed by atoms with Crippen molar-refractivity contribution < 1.29 is 4.79 Å². The molecule has 0 atom stereocenters. The molecule has 2 N–H and O–H groups in total. The van der Waals surface area contributed by atoms with Crippen LogP contribution in [-0.2, 0) is 6.42 Å². The minimum atomic E-state index is -0.213. The Morgan fingerprint density at radius 3 is 2.29 bits per heavy atom. The second-order valence-corrected chi connectivity index (χ2v) is 5.10. The van der Waals surface area contributed by atoms with Crippen molar-refractivity contribution >= 4 is 17.5 Å². The first-order valence-corrected chi connectivity index (χ1v) is 7.07. The first-order chi connectivity index (χ1) is 10.1. The number of aromatic nitrogens is 2. The minimum Gasteiger partial charge on any atom is -0.352 e. The van der Waals surface area contributed by atoms with Gasteiger partial charge in [0, 0.05) is 24.1 Å². The zero-order valence-electron chi connectivity index (χ0n) is 12.6. The van der Waals surface area contributed by atoms with Gasteiger partial charge in [-0.25, -0.2) is 9.97 Å². The summed E-state index contributed by atoms with van der Waals surface area (Å²) in [4.78, 5) is 20.3. The standard InChI is InChI=1S/C16H20N4O/c1-4-12-5-7-14(8-6-12)20-15(21)13-9-17-16(18-10-13)19-11(2)3/h5-11H,4H2,1-3H3,(H,20,21)(H,17,18,19). The van der Waals surface area contributed by atoms with Gasteiger partial charge in [0.25, 0.3) is 5.91 Å². The summed E-state index contributed by atoms with van der Waals surface area (Å²) >= 11 is 0. The lowest BCUT2D eigenvalue weighted by molar-refractivity contribution is 0.102. The largest absolute Gasteiger partial charge is 0.352 e. The van der Waals surface area contributed by atoms with E-state index < -0.39 is 0 Å². The van der Waals surface area contributed by atoms with E-state index >= 15 is 0 Å². The van der Waals surface area contributed by atoms with Gasteiger partial charge in [0.1, 0.15) is 0 Å². The average Bonchev–Trinajstić information content (AvgIpc) is 2.48. The molecule has 1 heterocycles. The van der Waals surface area contributed by atoms with Crippen LogP contribution in [0, 0.1) is 0 Å². The van der Waals surface area contributed by atoms with Gasteiger partial charge in [-0.2, -0.15) is 0 Å². The van der Waals surface area contributed by atoms with Crippen molar-refractivity contribution in [3.8, 4) is 0 Å². The summed E-state index contributed by atoms with van der Waals surface area (Å²) < 4.78 is 0. The lowest BCUT2D eigenvalue weighted by Crippen LogP contribution is -2.15. The van der Waals surface area contributed by atoms with Crippen LogP contribution in [0.4, 0.5) is 11.6 Å². The topological polar surface area (TPSA) is 66.9 Å². The van der Waals surface area contributed by atoms with Gasteiger partial charge in [0.05, 0.1) is 5.56 Å². The molecule has 0 bridgehead atoms. The Labute approximate surface area is 124 Å². The Kier molecular flexibility index (Phi) is 4.87. The molecule has 1 aromatic carbocycles. The summed E-state index contributed by atoms with van der Waals surface area (Å²) in [6, 6.07) is 8.05. The van der Waals surface area contributed by atoms with E-state index in [0.717, 1.165) is 12.1 Å². The maximum Gasteiger partial charge on any atom is 0.258 e. The molecular formula is C16H20N4O. The highest BCUT2D eigenvalue weighted by molar-refractivity contribution is 6.03. The zero-order valence-corrected chi connectivity index (χ0v) is 12.6. The first-order valence-electron chi connectivity index (χ1n) is 7.07. The van der Waals surface area contributed by atoms with Gasteiger partial charge in [-0.15, -0.1) is 0 Å². The second kappa shape index (κ2) is 6.83. The van der Waals surface area contributed by atoms with Crippen molar-refractivity contribution in [2.45, 2.75) is 33.2 Å². The first kappa shape index (κ1) is 15.0. The van der Waals surface area contributed by atoms with E-state index in [1.165, 1.54) is 18.0 Å². The van der Waals surface area contributed by atoms with E-state index in [-0.39, 0.29) is 11.9 Å². The van der Waals surface area contributed by atoms with E-state index in [0.29, 0.717) is 11.5 Å². The van der Waals surface area contributed by atoms with Gasteiger partial charge < -0.3 is 10.6 Å². The van der Waals surface area contributed by atoms with E-state index in [2.05, 4.69) is 27.5 Å². The lowest BCUT2D eigenvalue weighted by Gasteiger charge is -2.08. The number of carbonyl (C=O) groups is 1. The molecule has 0 aliphatic heterocycles. The van der Waals surface area contributed by atoms with E-state index in [1.807, 2.05) is 38.1 Å². The van der Waals surface area contributed by atoms with Crippen LogP contribution in [-0.4, -0.2) is 21.9 Å². The molecule has 2 rings (SSSR count). The Bertz CT molecular complexity index is 591. The van der Waals surface area contributed by atoms with E-state index in [1.54, 1.807) is 0 Å². The Morgan fingerprint density at radius 1 is 1.14 bits per heavy atom. The SMILES string of the molecule is CCc1ccc(NC(=O)c2cnc(NC(C)C)nc2)cc1. The van der Waals surface area contributed by atoms with E-state index in [9.17, 15) is 4.79 Å². The van der Waals surface area contributed by atoms with Gasteiger partial charge >= 0.3 is 0 Å². The lowest BCUT2D eigenvalue weighted by atomic mass is 10.1. The molecule has 0 saturated heterocycles. The van der Waals surface area contributed by atoms with Crippen LogP contribution in [0.3, 0.4) is 0 Å². The Balaban J connectivity index is 2.02. The number of hydrogen-bond acceptors (Lipinski definition) is 4. The smallest absolute Gasteiger partial charge is 0.258 e. The number of aryl methyl sites for hydroxylation is 1. The van der Waals surface area contributed by atoms with Crippen molar-refractivity contribution in [3.63, 3.8) is 0 Å². The molecule has 0 unspecified atom stereocenters. The van der Waals surface area contributed by atoms with Gasteiger partial charge in [-0.1, -0.05) is 19.1 Å². The average molecular weight is 284 g/mol. The summed E-state index contributed by atoms with van der Waals surface area (Å²) in [6.45, 7) is 6.10. The number of nitrogens with one attached hydrogen (secondary N) is 2. The van der Waals surface area contributed by atoms with Crippen LogP contribution in [0.15, 0.2) is 36.7 Å². The molecule has 0 aliphatic carbocycles. The highest BCUT2D eigenvalue weighted by Gasteiger charge is 2.08. The molecule has 5 nitrogen and oxygen atoms in total. The molecule has 5 heteroatoms. The number of rotatable bonds is 5. The molecule has 2 aromatic rings. The van der Waals surface area contributed by atoms with Crippen LogP contribution < -0.4 is 10.6 Å². The molecule has 0 spiro atoms. The minimum absolute atomic E-state index is 0.213. The molecule has 0 aliphatic rings. The molecular weight excluding hydrogens is 264 g/mol. The predicted octanol–water partition coefficient (Wildman–Crippen LogP) is 3.11. The molecule has 110 valence electrons. The zero-order chi connectivity index (χ0) is 15.2. The summed E-state index contributed by atoms with van der Waals surface area (Å²) in [5.74, 6) is 0.309. The third kappa shape index (κ3) is 4.27. The second-order valence-electron chi connectivity index (χ2n) is 5.10. The van der Waals surface area contributed by atoms with Gasteiger partial charge in [-0.3, -0.25) is 4.79 Å². The van der Waals surface area contributed by atoms with Gasteiger partial charge in [-0.05, 0) is 38.0 Å². The molecule has 0 radical (unpaired) electrons. The third-order valence-electron chi connectivity index (χ3n) is 2.95. The van der Waals surface area contributed by atoms with Gasteiger partial charge in [0.15, 0.2) is 0 Å². The number of carbonyl (C=O) groups excluding carboxylic acids is 1. The van der Waals surface area contributed by atoms with Crippen LogP contribution in [0.25, 0.3) is 0 Å². The third-order valence-corrected chi connectivity index (χ3v) is 2.95. The van der Waals surface area contributed by atoms with E-state index in [4.69, 9.17) is 0 Å². The molecule has 0 saturated carbocycles. The van der Waals surface area contributed by atoms with Crippen LogP contribution in [0.5, 0.6) is 0 Å².